The molecule has 1 aliphatic heterocycles. The molecule has 0 aromatic heterocycles. The van der Waals surface area contributed by atoms with Crippen LogP contribution in [0.5, 0.6) is 0 Å². The average molecular weight is 426 g/mol. The first-order valence-electron chi connectivity index (χ1n) is 9.73. The first kappa shape index (κ1) is 21.6. The standard InChI is InChI=1S/C23H24ClN3O3/c1-16(23(30)25-20-8-6-18(7-9-20)17(2)28)14-22(29)27-12-10-26(11-13-27)21-5-3-4-19(24)15-21/h3-9,14-15H,10-13H2,1-2H3,(H,25,30)/b16-14-. The highest BCUT2D eigenvalue weighted by molar-refractivity contribution is 6.30. The highest BCUT2D eigenvalue weighted by atomic mass is 35.5. The van der Waals surface area contributed by atoms with Gasteiger partial charge < -0.3 is 15.1 Å². The van der Waals surface area contributed by atoms with Crippen molar-refractivity contribution in [2.45, 2.75) is 13.8 Å². The van der Waals surface area contributed by atoms with Gasteiger partial charge in [0, 0.05) is 59.8 Å². The van der Waals surface area contributed by atoms with Crippen molar-refractivity contribution in [2.24, 2.45) is 0 Å². The summed E-state index contributed by atoms with van der Waals surface area (Å²) < 4.78 is 0. The lowest BCUT2D eigenvalue weighted by Gasteiger charge is -2.35. The van der Waals surface area contributed by atoms with Crippen LogP contribution in [0.3, 0.4) is 0 Å². The number of carbonyl (C=O) groups is 3. The summed E-state index contributed by atoms with van der Waals surface area (Å²) in [5, 5.41) is 3.43. The minimum absolute atomic E-state index is 0.0370. The summed E-state index contributed by atoms with van der Waals surface area (Å²) in [6.07, 6.45) is 1.37. The second-order valence-electron chi connectivity index (χ2n) is 7.21. The van der Waals surface area contributed by atoms with Crippen molar-refractivity contribution < 1.29 is 14.4 Å². The van der Waals surface area contributed by atoms with Gasteiger partial charge in [-0.05, 0) is 56.3 Å². The molecule has 1 fully saturated rings. The van der Waals surface area contributed by atoms with Crippen LogP contribution in [0.4, 0.5) is 11.4 Å². The zero-order valence-electron chi connectivity index (χ0n) is 17.0. The van der Waals surface area contributed by atoms with Crippen molar-refractivity contribution in [2.75, 3.05) is 36.4 Å². The molecule has 7 heteroatoms. The van der Waals surface area contributed by atoms with Gasteiger partial charge >= 0.3 is 0 Å². The van der Waals surface area contributed by atoms with Crippen LogP contribution in [0, 0.1) is 0 Å². The number of hydrogen-bond donors (Lipinski definition) is 1. The molecule has 30 heavy (non-hydrogen) atoms. The van der Waals surface area contributed by atoms with Crippen LogP contribution in [-0.4, -0.2) is 48.7 Å². The second kappa shape index (κ2) is 9.59. The van der Waals surface area contributed by atoms with Crippen LogP contribution < -0.4 is 10.2 Å². The number of halogens is 1. The molecule has 0 saturated carbocycles. The van der Waals surface area contributed by atoms with E-state index >= 15 is 0 Å². The smallest absolute Gasteiger partial charge is 0.251 e. The molecule has 0 bridgehead atoms. The summed E-state index contributed by atoms with van der Waals surface area (Å²) in [7, 11) is 0. The molecule has 0 radical (unpaired) electrons. The lowest BCUT2D eigenvalue weighted by atomic mass is 10.1. The van der Waals surface area contributed by atoms with Crippen molar-refractivity contribution in [1.82, 2.24) is 4.90 Å². The molecule has 2 aromatic rings. The van der Waals surface area contributed by atoms with E-state index in [1.807, 2.05) is 24.3 Å². The van der Waals surface area contributed by atoms with E-state index in [0.29, 0.717) is 48.0 Å². The number of hydrogen-bond acceptors (Lipinski definition) is 4. The van der Waals surface area contributed by atoms with Gasteiger partial charge in [-0.2, -0.15) is 0 Å². The quantitative estimate of drug-likeness (QED) is 0.584. The molecule has 1 saturated heterocycles. The van der Waals surface area contributed by atoms with Crippen molar-refractivity contribution in [1.29, 1.82) is 0 Å². The zero-order valence-corrected chi connectivity index (χ0v) is 17.8. The Morgan fingerprint density at radius 2 is 1.63 bits per heavy atom. The lowest BCUT2D eigenvalue weighted by molar-refractivity contribution is -0.126. The molecule has 0 spiro atoms. The van der Waals surface area contributed by atoms with Crippen LogP contribution in [0.25, 0.3) is 0 Å². The predicted octanol–water partition coefficient (Wildman–Crippen LogP) is 3.78. The molecular weight excluding hydrogens is 402 g/mol. The highest BCUT2D eigenvalue weighted by Gasteiger charge is 2.21. The monoisotopic (exact) mass is 425 g/mol. The third-order valence-corrected chi connectivity index (χ3v) is 5.25. The van der Waals surface area contributed by atoms with Crippen LogP contribution in [0.15, 0.2) is 60.2 Å². The number of ketones is 1. The van der Waals surface area contributed by atoms with Gasteiger partial charge in [-0.3, -0.25) is 14.4 Å². The largest absolute Gasteiger partial charge is 0.368 e. The Morgan fingerprint density at radius 3 is 2.23 bits per heavy atom. The number of Topliss-reactive ketones (excluding diaryl/α,β-unsaturated/α-hetero) is 1. The Bertz CT molecular complexity index is 977. The number of nitrogens with zero attached hydrogens (tertiary/aromatic N) is 2. The summed E-state index contributed by atoms with van der Waals surface area (Å²) in [6, 6.07) is 14.3. The van der Waals surface area contributed by atoms with Gasteiger partial charge in [0.15, 0.2) is 5.78 Å². The molecule has 0 unspecified atom stereocenters. The van der Waals surface area contributed by atoms with E-state index < -0.39 is 0 Å². The Labute approximate surface area is 181 Å². The van der Waals surface area contributed by atoms with Gasteiger partial charge in [-0.15, -0.1) is 0 Å². The molecule has 0 aliphatic carbocycles. The summed E-state index contributed by atoms with van der Waals surface area (Å²) in [4.78, 5) is 40.2. The second-order valence-corrected chi connectivity index (χ2v) is 7.64. The van der Waals surface area contributed by atoms with E-state index in [9.17, 15) is 14.4 Å². The maximum absolute atomic E-state index is 12.6. The molecular formula is C23H24ClN3O3. The molecule has 2 aromatic carbocycles. The van der Waals surface area contributed by atoms with Gasteiger partial charge in [0.1, 0.15) is 0 Å². The number of nitrogens with one attached hydrogen (secondary N) is 1. The van der Waals surface area contributed by atoms with Gasteiger partial charge in [0.25, 0.3) is 5.91 Å². The van der Waals surface area contributed by atoms with E-state index in [1.165, 1.54) is 13.0 Å². The van der Waals surface area contributed by atoms with Crippen LogP contribution in [0.2, 0.25) is 5.02 Å². The fraction of sp³-hybridized carbons (Fsp3) is 0.261. The van der Waals surface area contributed by atoms with Crippen LogP contribution in [-0.2, 0) is 9.59 Å². The minimum Gasteiger partial charge on any atom is -0.368 e. The number of rotatable bonds is 5. The number of benzene rings is 2. The van der Waals surface area contributed by atoms with E-state index in [-0.39, 0.29) is 17.6 Å². The number of amides is 2. The Morgan fingerprint density at radius 1 is 0.967 bits per heavy atom. The summed E-state index contributed by atoms with van der Waals surface area (Å²) in [5.41, 5.74) is 2.51. The van der Waals surface area contributed by atoms with Gasteiger partial charge in [-0.1, -0.05) is 17.7 Å². The number of anilines is 2. The topological polar surface area (TPSA) is 69.7 Å². The number of carbonyl (C=O) groups excluding carboxylic acids is 3. The number of piperazine rings is 1. The fourth-order valence-corrected chi connectivity index (χ4v) is 3.40. The minimum atomic E-state index is -0.350. The van der Waals surface area contributed by atoms with Crippen molar-refractivity contribution in [3.8, 4) is 0 Å². The SMILES string of the molecule is CC(=O)c1ccc(NC(=O)/C(C)=C\C(=O)N2CCN(c3cccc(Cl)c3)CC2)cc1. The molecule has 6 nitrogen and oxygen atoms in total. The maximum Gasteiger partial charge on any atom is 0.251 e. The Balaban J connectivity index is 1.55. The van der Waals surface area contributed by atoms with Gasteiger partial charge in [0.2, 0.25) is 5.91 Å². The summed E-state index contributed by atoms with van der Waals surface area (Å²) >= 11 is 6.06. The lowest BCUT2D eigenvalue weighted by Crippen LogP contribution is -2.48. The van der Waals surface area contributed by atoms with E-state index in [4.69, 9.17) is 11.6 Å². The molecule has 1 heterocycles. The molecule has 2 amide bonds. The third-order valence-electron chi connectivity index (χ3n) is 5.01. The van der Waals surface area contributed by atoms with Crippen molar-refractivity contribution in [3.63, 3.8) is 0 Å². The molecule has 156 valence electrons. The molecule has 3 rings (SSSR count). The van der Waals surface area contributed by atoms with Crippen molar-refractivity contribution >= 4 is 40.6 Å². The summed E-state index contributed by atoms with van der Waals surface area (Å²) in [6.45, 7) is 5.65. The van der Waals surface area contributed by atoms with Gasteiger partial charge in [-0.25, -0.2) is 0 Å². The highest BCUT2D eigenvalue weighted by Crippen LogP contribution is 2.21. The van der Waals surface area contributed by atoms with E-state index in [2.05, 4.69) is 10.2 Å². The van der Waals surface area contributed by atoms with Gasteiger partial charge in [0.05, 0.1) is 0 Å². The third kappa shape index (κ3) is 5.48. The molecule has 1 N–H and O–H groups in total. The Kier molecular flexibility index (Phi) is 6.90. The van der Waals surface area contributed by atoms with E-state index in [1.54, 1.807) is 36.1 Å². The predicted molar refractivity (Wildman–Crippen MR) is 119 cm³/mol. The first-order valence-corrected chi connectivity index (χ1v) is 10.1. The fourth-order valence-electron chi connectivity index (χ4n) is 3.22. The maximum atomic E-state index is 12.6. The Hall–Kier alpha value is -3.12. The van der Waals surface area contributed by atoms with Crippen LogP contribution >= 0.6 is 11.6 Å². The molecule has 1 aliphatic rings. The van der Waals surface area contributed by atoms with E-state index in [0.717, 1.165) is 5.69 Å². The zero-order chi connectivity index (χ0) is 21.7. The van der Waals surface area contributed by atoms with Crippen molar-refractivity contribution in [3.05, 3.63) is 70.8 Å². The average Bonchev–Trinajstić information content (AvgIpc) is 2.74. The summed E-state index contributed by atoms with van der Waals surface area (Å²) in [5.74, 6) is -0.568. The normalized spacial score (nSPS) is 14.4. The first-order chi connectivity index (χ1) is 14.3. The van der Waals surface area contributed by atoms with Crippen LogP contribution in [0.1, 0.15) is 24.2 Å². The molecule has 0 atom stereocenters.